The summed E-state index contributed by atoms with van der Waals surface area (Å²) in [5.41, 5.74) is -3.71. The van der Waals surface area contributed by atoms with Crippen molar-refractivity contribution in [3.05, 3.63) is 0 Å². The summed E-state index contributed by atoms with van der Waals surface area (Å²) in [6.45, 7) is 46.1. The molecule has 0 radical (unpaired) electrons. The second-order valence-corrected chi connectivity index (χ2v) is 30.9. The van der Waals surface area contributed by atoms with Crippen molar-refractivity contribution in [1.82, 2.24) is 0 Å². The van der Waals surface area contributed by atoms with Crippen LogP contribution in [0.15, 0.2) is 0 Å². The van der Waals surface area contributed by atoms with Gasteiger partial charge in [-0.2, -0.15) is 0 Å². The van der Waals surface area contributed by atoms with Gasteiger partial charge in [-0.15, -0.1) is 0 Å². The molecule has 0 aliphatic carbocycles. The van der Waals surface area contributed by atoms with E-state index in [1.165, 1.54) is 41.9 Å². The van der Waals surface area contributed by atoms with Gasteiger partial charge in [0.1, 0.15) is 33.0 Å². The van der Waals surface area contributed by atoms with E-state index in [9.17, 15) is 71.9 Å². The lowest BCUT2D eigenvalue weighted by molar-refractivity contribution is -0.187. The van der Waals surface area contributed by atoms with Gasteiger partial charge < -0.3 is 101 Å². The highest BCUT2D eigenvalue weighted by Crippen LogP contribution is 2.22. The third-order valence-corrected chi connectivity index (χ3v) is 12.7. The van der Waals surface area contributed by atoms with Crippen molar-refractivity contribution in [3.63, 3.8) is 0 Å². The first-order valence-electron chi connectivity index (χ1n) is 35.8. The number of esters is 10. The summed E-state index contributed by atoms with van der Waals surface area (Å²) in [6.07, 6.45) is -4.24. The topological polar surface area (TPSA) is 483 Å². The molecule has 0 aromatic heterocycles. The van der Waals surface area contributed by atoms with Crippen molar-refractivity contribution in [1.29, 1.82) is 0 Å². The highest BCUT2D eigenvalue weighted by atomic mass is 16.7. The molecule has 0 rings (SSSR count). The number of hydrogen-bond acceptors (Lipinski definition) is 36. The first-order valence-corrected chi connectivity index (χ1v) is 35.8. The van der Waals surface area contributed by atoms with Gasteiger partial charge in [0.2, 0.25) is 0 Å². The molecule has 0 aromatic rings. The zero-order valence-electron chi connectivity index (χ0n) is 72.1. The number of rotatable bonds is 40. The van der Waals surface area contributed by atoms with Gasteiger partial charge in [-0.3, -0.25) is 33.6 Å². The van der Waals surface area contributed by atoms with E-state index in [0.717, 1.165) is 0 Å². The minimum absolute atomic E-state index is 0.0148. The van der Waals surface area contributed by atoms with Gasteiger partial charge in [0.25, 0.3) is 0 Å². The van der Waals surface area contributed by atoms with Gasteiger partial charge in [0, 0.05) is 55.0 Å². The quantitative estimate of drug-likeness (QED) is 0.0300. The molecule has 0 amide bonds. The van der Waals surface area contributed by atoms with Crippen LogP contribution in [0.2, 0.25) is 0 Å². The monoisotopic (exact) mass is 1620 g/mol. The Hall–Kier alpha value is -7.39. The average molecular weight is 1630 g/mol. The van der Waals surface area contributed by atoms with Crippen molar-refractivity contribution in [2.75, 3.05) is 147 Å². The van der Waals surface area contributed by atoms with Crippen LogP contribution < -0.4 is 0 Å². The van der Waals surface area contributed by atoms with E-state index in [2.05, 4.69) is 28.4 Å². The van der Waals surface area contributed by atoms with Crippen LogP contribution >= 0.6 is 0 Å². The summed E-state index contributed by atoms with van der Waals surface area (Å²) in [6, 6.07) is 0. The van der Waals surface area contributed by atoms with Crippen molar-refractivity contribution in [2.45, 2.75) is 218 Å². The molecule has 5 unspecified atom stereocenters. The number of aliphatic hydroxyl groups excluding tert-OH is 3. The van der Waals surface area contributed by atoms with Gasteiger partial charge in [-0.25, -0.2) is 38.4 Å². The molecule has 5 atom stereocenters. The average Bonchev–Trinajstić information content (AvgIpc) is 0.897. The fraction of sp³-hybridized carbons (Fsp3) is 0.803. The summed E-state index contributed by atoms with van der Waals surface area (Å²) in [7, 11) is 4.45. The Morgan fingerprint density at radius 3 is 0.938 bits per heavy atom. The van der Waals surface area contributed by atoms with E-state index >= 15 is 0 Å². The summed E-state index contributed by atoms with van der Waals surface area (Å²) in [5, 5.41) is 25.0. The van der Waals surface area contributed by atoms with Crippen LogP contribution in [-0.2, 0) is 157 Å². The molecule has 0 aliphatic rings. The van der Waals surface area contributed by atoms with Gasteiger partial charge in [-0.05, 0) is 83.1 Å². The number of aliphatic hydroxyl groups is 3. The van der Waals surface area contributed by atoms with E-state index in [4.69, 9.17) is 72.2 Å². The van der Waals surface area contributed by atoms with Crippen LogP contribution in [0.25, 0.3) is 0 Å². The first kappa shape index (κ1) is 118. The third-order valence-electron chi connectivity index (χ3n) is 12.7. The second-order valence-electron chi connectivity index (χ2n) is 30.9. The van der Waals surface area contributed by atoms with Gasteiger partial charge in [-0.1, -0.05) is 104 Å². The molecule has 0 aromatic carbocycles. The summed E-state index contributed by atoms with van der Waals surface area (Å²) >= 11 is 0. The number of ether oxygens (including phenoxy) is 18. The Labute approximate surface area is 661 Å². The molecule has 36 heteroatoms. The summed E-state index contributed by atoms with van der Waals surface area (Å²) in [4.78, 5) is 169. The maximum Gasteiger partial charge on any atom is 0.349 e. The number of carbonyl (C=O) groups excluding carboxylic acids is 15. The van der Waals surface area contributed by atoms with Crippen molar-refractivity contribution < 1.29 is 173 Å². The maximum absolute atomic E-state index is 11.8. The van der Waals surface area contributed by atoms with Crippen LogP contribution in [0.3, 0.4) is 0 Å². The molecule has 0 spiro atoms. The fourth-order valence-electron chi connectivity index (χ4n) is 5.65. The van der Waals surface area contributed by atoms with E-state index in [1.54, 1.807) is 125 Å². The Kier molecular flexibility index (Phi) is 66.3. The predicted octanol–water partition coefficient (Wildman–Crippen LogP) is 5.38. The molecule has 0 saturated carbocycles. The molecule has 0 fully saturated rings. The highest BCUT2D eigenvalue weighted by molar-refractivity contribution is 5.91. The minimum atomic E-state index is -0.927. The van der Waals surface area contributed by atoms with Crippen LogP contribution in [0.1, 0.15) is 187 Å². The zero-order valence-corrected chi connectivity index (χ0v) is 72.1. The second kappa shape index (κ2) is 63.0. The number of Topliss-reactive ketones (excluding diaryl/α,β-unsaturated/α-hetero) is 5. The molecular formula is C76H136O36. The Morgan fingerprint density at radius 2 is 0.616 bits per heavy atom. The summed E-state index contributed by atoms with van der Waals surface area (Å²) < 4.78 is 86.2. The Balaban J connectivity index is -0.000000230. The van der Waals surface area contributed by atoms with E-state index in [0.29, 0.717) is 52.9 Å². The van der Waals surface area contributed by atoms with Crippen LogP contribution in [0, 0.1) is 37.9 Å². The zero-order chi connectivity index (χ0) is 89.2. The normalized spacial score (nSPS) is 12.6. The Bertz CT molecular complexity index is 2740. The van der Waals surface area contributed by atoms with Crippen molar-refractivity contribution >= 4 is 88.6 Å². The molecule has 112 heavy (non-hydrogen) atoms. The minimum Gasteiger partial charge on any atom is -0.455 e. The summed E-state index contributed by atoms with van der Waals surface area (Å²) in [5.74, 6) is -7.45. The number of ketones is 5. The van der Waals surface area contributed by atoms with Crippen molar-refractivity contribution in [2.24, 2.45) is 37.9 Å². The maximum atomic E-state index is 11.8. The molecule has 0 saturated heterocycles. The molecular weight excluding hydrogens is 1490 g/mol. The molecule has 0 bridgehead atoms. The van der Waals surface area contributed by atoms with E-state index in [-0.39, 0.29) is 79.6 Å². The lowest BCUT2D eigenvalue weighted by Gasteiger charge is -2.21. The van der Waals surface area contributed by atoms with Gasteiger partial charge in [0.15, 0.2) is 92.8 Å². The SMILES string of the molecule is CC(C)(C)C(=O)COC(=O)COC(=O)CO.CC(C)(C)C(=O)COCCOCCO.CC(OC(=O)COC(=O)CO)C(=O)C(C)(C)C.CCOCC(=O)OCC(=O)OC(C)C(=O)C(C)(C)C.COC(C)OC(=O)C(C)OC(=O)C(C)(C)C.COCCOCCOCC(=O)C(C)(C)C.COCOC(=O)C(C)OC(=O)C(C)(C)C. The molecule has 656 valence electrons. The Morgan fingerprint density at radius 1 is 0.295 bits per heavy atom. The standard InChI is InChI=1S/C13H22O6.C11H18O6.C11H20O5.C11H22O4.C10H16O6.C10H18O5.C10H20O4/c1-6-17-7-10(14)18-8-11(15)19-9(2)12(16)13(3,4)5;1-7(10(15)11(2,3)4)17-9(14)6-16-8(13)5-12;1-7(9(12)16-8(2)14-6)15-10(13)11(3,4)5;1-11(2,3)10(12)9-15-8-7-14-6-5-13-4;1-10(2,3)7(12)5-15-9(14)6-16-8(13)4-11;1-7(8(11)14-6-13-5)15-9(12)10(2,3)4;1-10(2,3)9(12)8-14-7-6-13-5-4-11/h9H,6-8H2,1-5H3;7,12H,5-6H2,1-4H3;7-8H,1-6H3;5-9H2,1-4H3;11H,4-6H2,1-3H3;7H,6H2,1-5H3;11H,4-8H2,1-3H3. The predicted molar refractivity (Wildman–Crippen MR) is 401 cm³/mol. The lowest BCUT2D eigenvalue weighted by atomic mass is 9.88. The van der Waals surface area contributed by atoms with Crippen LogP contribution in [-0.4, -0.2) is 282 Å². The molecule has 0 heterocycles. The van der Waals surface area contributed by atoms with Gasteiger partial charge in [0.05, 0.1) is 63.7 Å². The lowest BCUT2D eigenvalue weighted by Crippen LogP contribution is -2.35. The largest absolute Gasteiger partial charge is 0.455 e. The molecule has 3 N–H and O–H groups in total. The smallest absolute Gasteiger partial charge is 0.349 e. The fourth-order valence-corrected chi connectivity index (χ4v) is 5.65. The molecule has 36 nitrogen and oxygen atoms in total. The number of methoxy groups -OCH3 is 3. The number of hydrogen-bond donors (Lipinski definition) is 3. The van der Waals surface area contributed by atoms with E-state index < -0.39 is 151 Å². The molecule has 0 aliphatic heterocycles. The van der Waals surface area contributed by atoms with Crippen molar-refractivity contribution in [3.8, 4) is 0 Å². The van der Waals surface area contributed by atoms with E-state index in [1.807, 2.05) is 41.5 Å². The first-order chi connectivity index (χ1) is 51.1. The van der Waals surface area contributed by atoms with Crippen LogP contribution in [0.5, 0.6) is 0 Å². The third kappa shape index (κ3) is 71.6. The van der Waals surface area contributed by atoms with Gasteiger partial charge >= 0.3 is 59.7 Å². The number of carbonyl (C=O) groups is 15. The van der Waals surface area contributed by atoms with Crippen LogP contribution in [0.4, 0.5) is 0 Å². The highest BCUT2D eigenvalue weighted by Gasteiger charge is 2.33.